The fraction of sp³-hybridized carbons (Fsp3) is 0.696. The molecular weight excluding hydrogens is 388 g/mol. The van der Waals surface area contributed by atoms with Gasteiger partial charge in [0.1, 0.15) is 6.61 Å². The number of rotatable bonds is 1. The number of fused-ring (bicyclic) bond motifs is 6. The Morgan fingerprint density at radius 3 is 2.72 bits per heavy atom. The molecule has 29 heavy (non-hydrogen) atoms. The Balaban J connectivity index is 1.61. The maximum atomic E-state index is 12.2. The van der Waals surface area contributed by atoms with Gasteiger partial charge in [0.15, 0.2) is 16.5 Å². The zero-order valence-electron chi connectivity index (χ0n) is 17.3. The summed E-state index contributed by atoms with van der Waals surface area (Å²) in [5.74, 6) is 0.806. The van der Waals surface area contributed by atoms with Crippen LogP contribution in [-0.2, 0) is 19.1 Å². The molecule has 5 nitrogen and oxygen atoms in total. The third-order valence-electron chi connectivity index (χ3n) is 8.65. The lowest BCUT2D eigenvalue weighted by atomic mass is 9.50. The van der Waals surface area contributed by atoms with Crippen LogP contribution in [0.4, 0.5) is 4.79 Å². The second kappa shape index (κ2) is 6.22. The van der Waals surface area contributed by atoms with E-state index in [1.165, 1.54) is 22.9 Å². The summed E-state index contributed by atoms with van der Waals surface area (Å²) in [4.78, 5) is 36.1. The number of carbonyl (C=O) groups excluding carboxylic acids is 3. The minimum Gasteiger partial charge on any atom is -0.430 e. The first-order valence-electron chi connectivity index (χ1n) is 10.7. The SMILES string of the molecule is CC(=O)S[C@@H]1CC2=CC(=O)CC[C@]2(C)C2=CC[C@@]3(C)C(CC[C@@]34COC(=O)O4)C21. The summed E-state index contributed by atoms with van der Waals surface area (Å²) in [5.41, 5.74) is 1.77. The van der Waals surface area contributed by atoms with Crippen LogP contribution >= 0.6 is 11.8 Å². The molecule has 0 N–H and O–H groups in total. The predicted octanol–water partition coefficient (Wildman–Crippen LogP) is 4.60. The van der Waals surface area contributed by atoms with E-state index in [1.807, 2.05) is 6.08 Å². The molecule has 4 aliphatic carbocycles. The molecule has 0 aromatic carbocycles. The molecule has 6 heteroatoms. The Morgan fingerprint density at radius 1 is 1.24 bits per heavy atom. The van der Waals surface area contributed by atoms with Crippen LogP contribution < -0.4 is 0 Å². The average Bonchev–Trinajstić information content (AvgIpc) is 3.17. The van der Waals surface area contributed by atoms with Gasteiger partial charge in [-0.25, -0.2) is 4.79 Å². The summed E-state index contributed by atoms with van der Waals surface area (Å²) in [6.07, 6.45) is 8.50. The minimum absolute atomic E-state index is 0.0909. The Hall–Kier alpha value is -1.56. The first-order valence-corrected chi connectivity index (χ1v) is 11.5. The Labute approximate surface area is 175 Å². The van der Waals surface area contributed by atoms with Gasteiger partial charge in [-0.3, -0.25) is 9.59 Å². The van der Waals surface area contributed by atoms with Gasteiger partial charge in [0.05, 0.1) is 0 Å². The van der Waals surface area contributed by atoms with Crippen LogP contribution in [0, 0.1) is 22.7 Å². The van der Waals surface area contributed by atoms with Gasteiger partial charge >= 0.3 is 6.16 Å². The first-order chi connectivity index (χ1) is 13.7. The molecule has 5 aliphatic rings. The van der Waals surface area contributed by atoms with Crippen LogP contribution in [-0.4, -0.2) is 34.5 Å². The molecule has 0 aromatic rings. The second-order valence-electron chi connectivity index (χ2n) is 9.91. The molecule has 6 atom stereocenters. The molecule has 1 spiro atoms. The molecule has 2 unspecified atom stereocenters. The zero-order chi connectivity index (χ0) is 20.6. The topological polar surface area (TPSA) is 69.7 Å². The summed E-state index contributed by atoms with van der Waals surface area (Å²) < 4.78 is 11.1. The van der Waals surface area contributed by atoms with Gasteiger partial charge in [0, 0.05) is 29.4 Å². The van der Waals surface area contributed by atoms with Gasteiger partial charge in [-0.1, -0.05) is 42.8 Å². The highest BCUT2D eigenvalue weighted by atomic mass is 32.2. The van der Waals surface area contributed by atoms with Crippen LogP contribution in [0.3, 0.4) is 0 Å². The second-order valence-corrected chi connectivity index (χ2v) is 11.3. The van der Waals surface area contributed by atoms with Gasteiger partial charge < -0.3 is 9.47 Å². The van der Waals surface area contributed by atoms with Crippen molar-refractivity contribution in [2.75, 3.05) is 6.61 Å². The van der Waals surface area contributed by atoms with E-state index in [0.717, 1.165) is 32.1 Å². The van der Waals surface area contributed by atoms with Gasteiger partial charge in [-0.15, -0.1) is 0 Å². The van der Waals surface area contributed by atoms with E-state index in [0.29, 0.717) is 18.9 Å². The van der Waals surface area contributed by atoms with E-state index in [1.54, 1.807) is 6.92 Å². The number of cyclic esters (lactones) is 1. The lowest BCUT2D eigenvalue weighted by Gasteiger charge is -2.56. The average molecular weight is 417 g/mol. The van der Waals surface area contributed by atoms with Gasteiger partial charge in [-0.05, 0) is 50.0 Å². The van der Waals surface area contributed by atoms with Crippen LogP contribution in [0.1, 0.15) is 59.3 Å². The summed E-state index contributed by atoms with van der Waals surface area (Å²) in [6, 6.07) is 0. The lowest BCUT2D eigenvalue weighted by molar-refractivity contribution is -0.115. The van der Waals surface area contributed by atoms with E-state index in [2.05, 4.69) is 19.9 Å². The number of ether oxygens (including phenoxy) is 2. The molecule has 0 bridgehead atoms. The van der Waals surface area contributed by atoms with E-state index >= 15 is 0 Å². The number of hydrogen-bond acceptors (Lipinski definition) is 6. The maximum absolute atomic E-state index is 12.2. The van der Waals surface area contributed by atoms with E-state index in [-0.39, 0.29) is 32.9 Å². The van der Waals surface area contributed by atoms with E-state index in [4.69, 9.17) is 9.47 Å². The molecule has 0 aromatic heterocycles. The van der Waals surface area contributed by atoms with E-state index in [9.17, 15) is 14.4 Å². The van der Waals surface area contributed by atoms with Crippen molar-refractivity contribution in [3.8, 4) is 0 Å². The van der Waals surface area contributed by atoms with Crippen LogP contribution in [0.2, 0.25) is 0 Å². The molecule has 0 radical (unpaired) electrons. The molecule has 1 saturated heterocycles. The summed E-state index contributed by atoms with van der Waals surface area (Å²) >= 11 is 1.43. The summed E-state index contributed by atoms with van der Waals surface area (Å²) in [5, 5.41) is 0.248. The number of thioether (sulfide) groups is 1. The van der Waals surface area contributed by atoms with Gasteiger partial charge in [0.25, 0.3) is 0 Å². The molecule has 1 aliphatic heterocycles. The number of hydrogen-bond donors (Lipinski definition) is 0. The summed E-state index contributed by atoms with van der Waals surface area (Å²) in [6.45, 7) is 6.49. The van der Waals surface area contributed by atoms with Crippen LogP contribution in [0.25, 0.3) is 0 Å². The normalized spacial score (nSPS) is 45.6. The molecule has 3 fully saturated rings. The number of ketones is 1. The van der Waals surface area contributed by atoms with Crippen molar-refractivity contribution in [2.24, 2.45) is 22.7 Å². The molecule has 0 amide bonds. The summed E-state index contributed by atoms with van der Waals surface area (Å²) in [7, 11) is 0. The minimum atomic E-state index is -0.554. The van der Waals surface area contributed by atoms with Crippen molar-refractivity contribution in [1.82, 2.24) is 0 Å². The van der Waals surface area contributed by atoms with Crippen molar-refractivity contribution in [1.29, 1.82) is 0 Å². The highest BCUT2D eigenvalue weighted by Gasteiger charge is 2.67. The molecule has 2 saturated carbocycles. The molecular formula is C23H28O5S. The van der Waals surface area contributed by atoms with Crippen LogP contribution in [0.15, 0.2) is 23.3 Å². The molecule has 1 heterocycles. The van der Waals surface area contributed by atoms with Gasteiger partial charge in [-0.2, -0.15) is 0 Å². The largest absolute Gasteiger partial charge is 0.509 e. The number of carbonyl (C=O) groups is 3. The Bertz CT molecular complexity index is 874. The Kier molecular flexibility index (Phi) is 4.16. The third-order valence-corrected chi connectivity index (χ3v) is 9.74. The first kappa shape index (κ1) is 19.4. The van der Waals surface area contributed by atoms with Crippen LogP contribution in [0.5, 0.6) is 0 Å². The van der Waals surface area contributed by atoms with E-state index < -0.39 is 11.8 Å². The van der Waals surface area contributed by atoms with Crippen molar-refractivity contribution >= 4 is 28.8 Å². The lowest BCUT2D eigenvalue weighted by Crippen LogP contribution is -2.54. The highest BCUT2D eigenvalue weighted by Crippen LogP contribution is 2.68. The fourth-order valence-corrected chi connectivity index (χ4v) is 8.19. The molecule has 5 rings (SSSR count). The third kappa shape index (κ3) is 2.57. The quantitative estimate of drug-likeness (QED) is 0.460. The maximum Gasteiger partial charge on any atom is 0.509 e. The van der Waals surface area contributed by atoms with Crippen molar-refractivity contribution in [2.45, 2.75) is 70.1 Å². The highest BCUT2D eigenvalue weighted by molar-refractivity contribution is 8.14. The van der Waals surface area contributed by atoms with Crippen molar-refractivity contribution < 1.29 is 23.9 Å². The zero-order valence-corrected chi connectivity index (χ0v) is 18.1. The standard InChI is InChI=1S/C23H28O5S/c1-13(24)29-18-11-14-10-15(25)4-7-21(14,2)16-5-8-22(3)17(19(16)18)6-9-23(22)12-27-20(26)28-23/h5,10,17-19H,4,6-9,11-12H2,1-3H3/t17?,18-,19?,21+,22+,23-/m1/s1. The number of allylic oxidation sites excluding steroid dienone is 4. The predicted molar refractivity (Wildman–Crippen MR) is 109 cm³/mol. The molecule has 156 valence electrons. The smallest absolute Gasteiger partial charge is 0.430 e. The van der Waals surface area contributed by atoms with Crippen molar-refractivity contribution in [3.05, 3.63) is 23.3 Å². The fourth-order valence-electron chi connectivity index (χ4n) is 7.02. The Morgan fingerprint density at radius 2 is 2.03 bits per heavy atom. The van der Waals surface area contributed by atoms with Gasteiger partial charge in [0.2, 0.25) is 0 Å². The monoisotopic (exact) mass is 416 g/mol. The van der Waals surface area contributed by atoms with Crippen molar-refractivity contribution in [3.63, 3.8) is 0 Å².